The maximum atomic E-state index is 12.1. The van der Waals surface area contributed by atoms with Crippen molar-refractivity contribution in [2.75, 3.05) is 19.8 Å². The van der Waals surface area contributed by atoms with Crippen molar-refractivity contribution in [3.05, 3.63) is 52.0 Å². The molecule has 0 atom stereocenters. The lowest BCUT2D eigenvalue weighted by Gasteiger charge is -2.13. The first kappa shape index (κ1) is 22.5. The summed E-state index contributed by atoms with van der Waals surface area (Å²) in [5.74, 6) is 0.976. The van der Waals surface area contributed by atoms with Crippen LogP contribution in [0.25, 0.3) is 0 Å². The van der Waals surface area contributed by atoms with E-state index in [1.807, 2.05) is 32.9 Å². The van der Waals surface area contributed by atoms with Gasteiger partial charge in [-0.2, -0.15) is 0 Å². The molecule has 2 amide bonds. The van der Waals surface area contributed by atoms with Crippen LogP contribution in [0.5, 0.6) is 17.2 Å². The molecule has 29 heavy (non-hydrogen) atoms. The molecule has 0 saturated heterocycles. The van der Waals surface area contributed by atoms with Crippen LogP contribution in [0, 0.1) is 6.92 Å². The van der Waals surface area contributed by atoms with Crippen molar-refractivity contribution in [3.8, 4) is 17.2 Å². The molecule has 7 nitrogen and oxygen atoms in total. The van der Waals surface area contributed by atoms with Crippen LogP contribution in [0.3, 0.4) is 0 Å². The summed E-state index contributed by atoms with van der Waals surface area (Å²) in [6, 6.07) is 10.7. The number of hydrazine groups is 1. The highest BCUT2D eigenvalue weighted by Crippen LogP contribution is 2.28. The first-order valence-corrected chi connectivity index (χ1v) is 10.1. The lowest BCUT2D eigenvalue weighted by atomic mass is 10.1. The number of rotatable bonds is 9. The maximum Gasteiger partial charge on any atom is 0.276 e. The summed E-state index contributed by atoms with van der Waals surface area (Å²) in [6.07, 6.45) is 0.0829. The normalized spacial score (nSPS) is 10.2. The topological polar surface area (TPSA) is 85.9 Å². The summed E-state index contributed by atoms with van der Waals surface area (Å²) in [5.41, 5.74) is 6.46. The third-order valence-corrected chi connectivity index (χ3v) is 4.70. The van der Waals surface area contributed by atoms with E-state index in [1.165, 1.54) is 0 Å². The Morgan fingerprint density at radius 2 is 1.59 bits per heavy atom. The predicted octanol–water partition coefficient (Wildman–Crippen LogP) is 3.32. The maximum absolute atomic E-state index is 12.1. The molecule has 0 saturated carbocycles. The highest BCUT2D eigenvalue weighted by atomic mass is 79.9. The van der Waals surface area contributed by atoms with Gasteiger partial charge in [0, 0.05) is 4.47 Å². The van der Waals surface area contributed by atoms with Crippen molar-refractivity contribution < 1.29 is 23.8 Å². The van der Waals surface area contributed by atoms with E-state index < -0.39 is 5.91 Å². The van der Waals surface area contributed by atoms with E-state index in [0.717, 1.165) is 15.6 Å². The SMILES string of the molecule is CCOc1ccc(CC(=O)NNC(=O)COc2ccc(Br)c(C)c2)cc1OCC. The summed E-state index contributed by atoms with van der Waals surface area (Å²) in [5, 5.41) is 0. The number of aryl methyl sites for hydroxylation is 1. The molecule has 0 radical (unpaired) electrons. The van der Waals surface area contributed by atoms with Gasteiger partial charge in [0.05, 0.1) is 19.6 Å². The molecule has 8 heteroatoms. The number of hydrogen-bond acceptors (Lipinski definition) is 5. The Kier molecular flexibility index (Phi) is 8.79. The van der Waals surface area contributed by atoms with Crippen LogP contribution in [0.1, 0.15) is 25.0 Å². The highest BCUT2D eigenvalue weighted by molar-refractivity contribution is 9.10. The fourth-order valence-corrected chi connectivity index (χ4v) is 2.71. The zero-order valence-corrected chi connectivity index (χ0v) is 18.3. The quantitative estimate of drug-likeness (QED) is 0.555. The van der Waals surface area contributed by atoms with Gasteiger partial charge in [0.15, 0.2) is 18.1 Å². The largest absolute Gasteiger partial charge is 0.490 e. The Balaban J connectivity index is 1.81. The zero-order valence-electron chi connectivity index (χ0n) is 16.7. The Hall–Kier alpha value is -2.74. The minimum absolute atomic E-state index is 0.0829. The van der Waals surface area contributed by atoms with Gasteiger partial charge < -0.3 is 14.2 Å². The van der Waals surface area contributed by atoms with Gasteiger partial charge in [-0.1, -0.05) is 22.0 Å². The van der Waals surface area contributed by atoms with Gasteiger partial charge in [-0.15, -0.1) is 0 Å². The van der Waals surface area contributed by atoms with Gasteiger partial charge >= 0.3 is 0 Å². The first-order chi connectivity index (χ1) is 13.9. The smallest absolute Gasteiger partial charge is 0.276 e. The second-order valence-electron chi connectivity index (χ2n) is 6.12. The molecule has 0 aromatic heterocycles. The second kappa shape index (κ2) is 11.3. The van der Waals surface area contributed by atoms with Gasteiger partial charge in [-0.05, 0) is 62.2 Å². The minimum Gasteiger partial charge on any atom is -0.490 e. The number of ether oxygens (including phenoxy) is 3. The van der Waals surface area contributed by atoms with Crippen LogP contribution in [0.15, 0.2) is 40.9 Å². The van der Waals surface area contributed by atoms with Crippen LogP contribution < -0.4 is 25.1 Å². The van der Waals surface area contributed by atoms with Crippen molar-refractivity contribution >= 4 is 27.7 Å². The van der Waals surface area contributed by atoms with E-state index in [-0.39, 0.29) is 18.9 Å². The molecule has 0 spiro atoms. The first-order valence-electron chi connectivity index (χ1n) is 9.28. The number of nitrogens with one attached hydrogen (secondary N) is 2. The summed E-state index contributed by atoms with van der Waals surface area (Å²) in [4.78, 5) is 24.0. The van der Waals surface area contributed by atoms with E-state index >= 15 is 0 Å². The summed E-state index contributed by atoms with van der Waals surface area (Å²) >= 11 is 3.40. The van der Waals surface area contributed by atoms with Crippen LogP contribution in [-0.4, -0.2) is 31.6 Å². The Labute approximate surface area is 178 Å². The molecule has 0 bridgehead atoms. The molecule has 0 unspecified atom stereocenters. The number of halogens is 1. The number of carbonyl (C=O) groups excluding carboxylic acids is 2. The van der Waals surface area contributed by atoms with Gasteiger partial charge in [0.25, 0.3) is 5.91 Å². The van der Waals surface area contributed by atoms with Gasteiger partial charge in [-0.3, -0.25) is 20.4 Å². The number of hydrogen-bond donors (Lipinski definition) is 2. The van der Waals surface area contributed by atoms with Gasteiger partial charge in [-0.25, -0.2) is 0 Å². The highest BCUT2D eigenvalue weighted by Gasteiger charge is 2.11. The van der Waals surface area contributed by atoms with E-state index in [0.29, 0.717) is 30.5 Å². The minimum atomic E-state index is -0.458. The fourth-order valence-electron chi connectivity index (χ4n) is 2.47. The third-order valence-electron chi connectivity index (χ3n) is 3.81. The van der Waals surface area contributed by atoms with E-state index in [9.17, 15) is 9.59 Å². The number of carbonyl (C=O) groups is 2. The molecule has 2 aromatic rings. The Morgan fingerprint density at radius 1 is 0.897 bits per heavy atom. The number of benzene rings is 2. The van der Waals surface area contributed by atoms with Crippen LogP contribution >= 0.6 is 15.9 Å². The standard InChI is InChI=1S/C21H25BrN2O5/c1-4-27-18-9-6-15(11-19(18)28-5-2)12-20(25)23-24-21(26)13-29-16-7-8-17(22)14(3)10-16/h6-11H,4-5,12-13H2,1-3H3,(H,23,25)(H,24,26). The molecule has 0 aliphatic carbocycles. The van der Waals surface area contributed by atoms with Crippen LogP contribution in [0.2, 0.25) is 0 Å². The average Bonchev–Trinajstić information content (AvgIpc) is 2.69. The van der Waals surface area contributed by atoms with E-state index in [1.54, 1.807) is 24.3 Å². The Bertz CT molecular complexity index is 857. The van der Waals surface area contributed by atoms with Crippen molar-refractivity contribution in [3.63, 3.8) is 0 Å². The van der Waals surface area contributed by atoms with Gasteiger partial charge in [0.2, 0.25) is 5.91 Å². The van der Waals surface area contributed by atoms with Crippen molar-refractivity contribution in [1.82, 2.24) is 10.9 Å². The molecular formula is C21H25BrN2O5. The molecule has 2 N–H and O–H groups in total. The molecule has 0 aliphatic rings. The molecule has 0 heterocycles. The third kappa shape index (κ3) is 7.30. The van der Waals surface area contributed by atoms with E-state index in [4.69, 9.17) is 14.2 Å². The lowest BCUT2D eigenvalue weighted by molar-refractivity contribution is -0.129. The molecule has 2 rings (SSSR count). The monoisotopic (exact) mass is 464 g/mol. The summed E-state index contributed by atoms with van der Waals surface area (Å²) in [7, 11) is 0. The van der Waals surface area contributed by atoms with Gasteiger partial charge in [0.1, 0.15) is 5.75 Å². The predicted molar refractivity (Wildman–Crippen MR) is 113 cm³/mol. The molecule has 0 aliphatic heterocycles. The molecule has 2 aromatic carbocycles. The molecular weight excluding hydrogens is 440 g/mol. The van der Waals surface area contributed by atoms with Crippen molar-refractivity contribution in [2.45, 2.75) is 27.2 Å². The number of amides is 2. The summed E-state index contributed by atoms with van der Waals surface area (Å²) in [6.45, 7) is 6.50. The van der Waals surface area contributed by atoms with E-state index in [2.05, 4.69) is 26.8 Å². The van der Waals surface area contributed by atoms with Crippen LogP contribution in [0.4, 0.5) is 0 Å². The Morgan fingerprint density at radius 3 is 2.28 bits per heavy atom. The molecule has 0 fully saturated rings. The van der Waals surface area contributed by atoms with Crippen LogP contribution in [-0.2, 0) is 16.0 Å². The fraction of sp³-hybridized carbons (Fsp3) is 0.333. The average molecular weight is 465 g/mol. The zero-order chi connectivity index (χ0) is 21.2. The molecule has 156 valence electrons. The lowest BCUT2D eigenvalue weighted by Crippen LogP contribution is -2.44. The van der Waals surface area contributed by atoms with Crippen molar-refractivity contribution in [1.29, 1.82) is 0 Å². The summed E-state index contributed by atoms with van der Waals surface area (Å²) < 4.78 is 17.4. The van der Waals surface area contributed by atoms with Crippen molar-refractivity contribution in [2.24, 2.45) is 0 Å². The second-order valence-corrected chi connectivity index (χ2v) is 6.97.